The smallest absolute Gasteiger partial charge is 0.313 e. The molecule has 0 aliphatic carbocycles. The molecule has 0 aromatic rings. The van der Waals surface area contributed by atoms with Gasteiger partial charge in [-0.3, -0.25) is 9.59 Å². The fourth-order valence-corrected chi connectivity index (χ4v) is 2.26. The Morgan fingerprint density at radius 3 is 2.50 bits per heavy atom. The van der Waals surface area contributed by atoms with Crippen molar-refractivity contribution in [1.29, 1.82) is 0 Å². The molecule has 1 amide bonds. The third kappa shape index (κ3) is 2.66. The van der Waals surface area contributed by atoms with E-state index in [9.17, 15) is 14.7 Å². The summed E-state index contributed by atoms with van der Waals surface area (Å²) in [6, 6.07) is 0. The molecule has 1 unspecified atom stereocenters. The Kier molecular flexibility index (Phi) is 4.37. The van der Waals surface area contributed by atoms with Gasteiger partial charge in [0.1, 0.15) is 5.41 Å². The predicted molar refractivity (Wildman–Crippen MR) is 67.2 cm³/mol. The van der Waals surface area contributed by atoms with Crippen LogP contribution in [0.1, 0.15) is 33.6 Å². The molecule has 104 valence electrons. The number of carbonyl (C=O) groups is 2. The quantitative estimate of drug-likeness (QED) is 0.808. The Bertz CT molecular complexity index is 340. The molecule has 1 aliphatic rings. The van der Waals surface area contributed by atoms with Crippen molar-refractivity contribution in [2.75, 3.05) is 26.8 Å². The van der Waals surface area contributed by atoms with Crippen molar-refractivity contribution in [2.45, 2.75) is 33.6 Å². The standard InChI is InChI=1S/C13H23NO4/c1-5-12(2,3)10(15)14-7-6-13(8-14,9-18-4)11(16)17/h5-9H2,1-4H3,(H,16,17). The maximum atomic E-state index is 12.3. The van der Waals surface area contributed by atoms with E-state index < -0.39 is 16.8 Å². The Morgan fingerprint density at radius 1 is 1.44 bits per heavy atom. The van der Waals surface area contributed by atoms with Gasteiger partial charge < -0.3 is 14.7 Å². The van der Waals surface area contributed by atoms with Crippen LogP contribution < -0.4 is 0 Å². The minimum atomic E-state index is -0.936. The van der Waals surface area contributed by atoms with Crippen molar-refractivity contribution in [3.05, 3.63) is 0 Å². The van der Waals surface area contributed by atoms with Gasteiger partial charge in [-0.2, -0.15) is 0 Å². The molecule has 0 aromatic heterocycles. The molecule has 1 heterocycles. The molecular formula is C13H23NO4. The van der Waals surface area contributed by atoms with Crippen LogP contribution in [-0.2, 0) is 14.3 Å². The molecule has 18 heavy (non-hydrogen) atoms. The van der Waals surface area contributed by atoms with Gasteiger partial charge in [-0.05, 0) is 12.8 Å². The molecule has 1 rings (SSSR count). The molecule has 1 N–H and O–H groups in total. The maximum absolute atomic E-state index is 12.3. The second-order valence-electron chi connectivity index (χ2n) is 5.73. The van der Waals surface area contributed by atoms with Gasteiger partial charge in [-0.25, -0.2) is 0 Å². The molecule has 0 aromatic carbocycles. The lowest BCUT2D eigenvalue weighted by Crippen LogP contribution is -2.43. The van der Waals surface area contributed by atoms with Gasteiger partial charge in [-0.1, -0.05) is 20.8 Å². The normalized spacial score (nSPS) is 24.3. The van der Waals surface area contributed by atoms with E-state index in [0.29, 0.717) is 13.0 Å². The van der Waals surface area contributed by atoms with Crippen molar-refractivity contribution in [3.63, 3.8) is 0 Å². The summed E-state index contributed by atoms with van der Waals surface area (Å²) in [7, 11) is 1.49. The highest BCUT2D eigenvalue weighted by molar-refractivity contribution is 5.84. The summed E-state index contributed by atoms with van der Waals surface area (Å²) in [5, 5.41) is 9.34. The average Bonchev–Trinajstić information content (AvgIpc) is 2.74. The minimum Gasteiger partial charge on any atom is -0.481 e. The molecule has 0 spiro atoms. The van der Waals surface area contributed by atoms with Crippen molar-refractivity contribution < 1.29 is 19.4 Å². The monoisotopic (exact) mass is 257 g/mol. The number of likely N-dealkylation sites (tertiary alicyclic amines) is 1. The third-order valence-electron chi connectivity index (χ3n) is 3.98. The van der Waals surface area contributed by atoms with Crippen molar-refractivity contribution in [2.24, 2.45) is 10.8 Å². The number of carbonyl (C=O) groups excluding carboxylic acids is 1. The number of methoxy groups -OCH3 is 1. The lowest BCUT2D eigenvalue weighted by atomic mass is 9.87. The zero-order chi connectivity index (χ0) is 14.0. The van der Waals surface area contributed by atoms with Gasteiger partial charge in [0.05, 0.1) is 6.61 Å². The fraction of sp³-hybridized carbons (Fsp3) is 0.846. The summed E-state index contributed by atoms with van der Waals surface area (Å²) in [6.45, 7) is 6.65. The zero-order valence-corrected chi connectivity index (χ0v) is 11.7. The number of aliphatic carboxylic acids is 1. The van der Waals surface area contributed by atoms with E-state index in [1.165, 1.54) is 7.11 Å². The molecule has 5 nitrogen and oxygen atoms in total. The summed E-state index contributed by atoms with van der Waals surface area (Å²) in [5.74, 6) is -0.849. The highest BCUT2D eigenvalue weighted by Gasteiger charge is 2.48. The molecule has 0 bridgehead atoms. The largest absolute Gasteiger partial charge is 0.481 e. The number of carboxylic acid groups (broad SMARTS) is 1. The van der Waals surface area contributed by atoms with E-state index in [1.807, 2.05) is 20.8 Å². The van der Waals surface area contributed by atoms with Gasteiger partial charge in [0.15, 0.2) is 0 Å². The molecule has 1 aliphatic heterocycles. The van der Waals surface area contributed by atoms with Crippen LogP contribution >= 0.6 is 0 Å². The fourth-order valence-electron chi connectivity index (χ4n) is 2.26. The highest BCUT2D eigenvalue weighted by atomic mass is 16.5. The summed E-state index contributed by atoms with van der Waals surface area (Å²) >= 11 is 0. The number of nitrogens with zero attached hydrogens (tertiary/aromatic N) is 1. The van der Waals surface area contributed by atoms with Crippen LogP contribution in [0.4, 0.5) is 0 Å². The lowest BCUT2D eigenvalue weighted by molar-refractivity contribution is -0.152. The zero-order valence-electron chi connectivity index (χ0n) is 11.7. The van der Waals surface area contributed by atoms with Crippen LogP contribution in [0.3, 0.4) is 0 Å². The summed E-state index contributed by atoms with van der Waals surface area (Å²) in [5.41, 5.74) is -1.37. The molecule has 1 saturated heterocycles. The second-order valence-corrected chi connectivity index (χ2v) is 5.73. The van der Waals surface area contributed by atoms with Gasteiger partial charge in [0, 0.05) is 25.6 Å². The van der Waals surface area contributed by atoms with Crippen molar-refractivity contribution in [1.82, 2.24) is 4.90 Å². The molecule has 0 saturated carbocycles. The van der Waals surface area contributed by atoms with Crippen LogP contribution in [0.25, 0.3) is 0 Å². The van der Waals surface area contributed by atoms with Crippen LogP contribution in [0.15, 0.2) is 0 Å². The first-order valence-corrected chi connectivity index (χ1v) is 6.31. The number of carboxylic acids is 1. The van der Waals surface area contributed by atoms with E-state index >= 15 is 0 Å². The van der Waals surface area contributed by atoms with Gasteiger partial charge in [-0.15, -0.1) is 0 Å². The summed E-state index contributed by atoms with van der Waals surface area (Å²) < 4.78 is 5.01. The van der Waals surface area contributed by atoms with Crippen LogP contribution in [0.2, 0.25) is 0 Å². The van der Waals surface area contributed by atoms with Crippen LogP contribution in [0, 0.1) is 10.8 Å². The second kappa shape index (κ2) is 5.26. The number of rotatable bonds is 5. The van der Waals surface area contributed by atoms with E-state index in [2.05, 4.69) is 0 Å². The Hall–Kier alpha value is -1.10. The first-order valence-electron chi connectivity index (χ1n) is 6.31. The minimum absolute atomic E-state index is 0.0317. The molecule has 5 heteroatoms. The topological polar surface area (TPSA) is 66.8 Å². The Balaban J connectivity index is 2.81. The Labute approximate surface area is 108 Å². The number of hydrogen-bond donors (Lipinski definition) is 1. The van der Waals surface area contributed by atoms with E-state index in [1.54, 1.807) is 4.90 Å². The molecule has 1 fully saturated rings. The number of ether oxygens (including phenoxy) is 1. The lowest BCUT2D eigenvalue weighted by Gasteiger charge is -2.29. The SMILES string of the molecule is CCC(C)(C)C(=O)N1CCC(COC)(C(=O)O)C1. The maximum Gasteiger partial charge on any atom is 0.313 e. The first kappa shape index (κ1) is 15.0. The molecule has 1 atom stereocenters. The average molecular weight is 257 g/mol. The number of amides is 1. The van der Waals surface area contributed by atoms with Crippen molar-refractivity contribution in [3.8, 4) is 0 Å². The van der Waals surface area contributed by atoms with E-state index in [0.717, 1.165) is 6.42 Å². The summed E-state index contributed by atoms with van der Waals surface area (Å²) in [6.07, 6.45) is 1.20. The number of hydrogen-bond acceptors (Lipinski definition) is 3. The molecular weight excluding hydrogens is 234 g/mol. The predicted octanol–water partition coefficient (Wildman–Crippen LogP) is 1.37. The molecule has 0 radical (unpaired) electrons. The third-order valence-corrected chi connectivity index (χ3v) is 3.98. The van der Waals surface area contributed by atoms with Crippen LogP contribution in [-0.4, -0.2) is 48.7 Å². The first-order chi connectivity index (χ1) is 8.29. The van der Waals surface area contributed by atoms with Gasteiger partial charge >= 0.3 is 5.97 Å². The highest BCUT2D eigenvalue weighted by Crippen LogP contribution is 2.34. The van der Waals surface area contributed by atoms with Crippen molar-refractivity contribution >= 4 is 11.9 Å². The van der Waals surface area contributed by atoms with E-state index in [-0.39, 0.29) is 19.1 Å². The van der Waals surface area contributed by atoms with Gasteiger partial charge in [0.2, 0.25) is 5.91 Å². The summed E-state index contributed by atoms with van der Waals surface area (Å²) in [4.78, 5) is 25.4. The van der Waals surface area contributed by atoms with Gasteiger partial charge in [0.25, 0.3) is 0 Å². The Morgan fingerprint density at radius 2 is 2.06 bits per heavy atom. The van der Waals surface area contributed by atoms with E-state index in [4.69, 9.17) is 4.74 Å². The van der Waals surface area contributed by atoms with Crippen LogP contribution in [0.5, 0.6) is 0 Å².